The van der Waals surface area contributed by atoms with E-state index in [2.05, 4.69) is 5.32 Å². The van der Waals surface area contributed by atoms with E-state index < -0.39 is 6.17 Å². The van der Waals surface area contributed by atoms with Crippen LogP contribution in [0.25, 0.3) is 0 Å². The molecule has 1 aliphatic rings. The van der Waals surface area contributed by atoms with Crippen molar-refractivity contribution in [1.29, 1.82) is 0 Å². The van der Waals surface area contributed by atoms with Crippen LogP contribution < -0.4 is 5.32 Å². The summed E-state index contributed by atoms with van der Waals surface area (Å²) in [7, 11) is 0. The molecule has 1 aliphatic heterocycles. The molecule has 0 aromatic heterocycles. The number of nitrogens with one attached hydrogen (secondary N) is 1. The summed E-state index contributed by atoms with van der Waals surface area (Å²) < 4.78 is 12.6. The largest absolute Gasteiger partial charge is 0.317 e. The van der Waals surface area contributed by atoms with E-state index in [1.165, 1.54) is 0 Å². The van der Waals surface area contributed by atoms with Crippen molar-refractivity contribution in [2.24, 2.45) is 5.92 Å². The fourth-order valence-corrected chi connectivity index (χ4v) is 1.30. The molecular formula is C7H14FN. The number of piperidine rings is 1. The Morgan fingerprint density at radius 1 is 1.44 bits per heavy atom. The molecule has 1 saturated heterocycles. The van der Waals surface area contributed by atoms with E-state index in [1.54, 1.807) is 6.92 Å². The molecule has 2 heteroatoms. The number of alkyl halides is 1. The van der Waals surface area contributed by atoms with Gasteiger partial charge < -0.3 is 5.32 Å². The van der Waals surface area contributed by atoms with Crippen molar-refractivity contribution in [3.05, 3.63) is 0 Å². The van der Waals surface area contributed by atoms with Crippen LogP contribution in [-0.4, -0.2) is 19.3 Å². The minimum atomic E-state index is -0.605. The minimum Gasteiger partial charge on any atom is -0.317 e. The van der Waals surface area contributed by atoms with Crippen LogP contribution in [0.5, 0.6) is 0 Å². The molecule has 0 aliphatic carbocycles. The third-order valence-electron chi connectivity index (χ3n) is 2.03. The lowest BCUT2D eigenvalue weighted by Gasteiger charge is -2.23. The molecule has 0 aromatic carbocycles. The highest BCUT2D eigenvalue weighted by Crippen LogP contribution is 2.17. The Bertz CT molecular complexity index is 77.0. The van der Waals surface area contributed by atoms with E-state index in [-0.39, 0.29) is 0 Å². The Labute approximate surface area is 55.6 Å². The lowest BCUT2D eigenvalue weighted by atomic mass is 9.94. The van der Waals surface area contributed by atoms with Crippen molar-refractivity contribution in [2.75, 3.05) is 13.1 Å². The van der Waals surface area contributed by atoms with Crippen LogP contribution in [0.1, 0.15) is 19.8 Å². The molecule has 0 unspecified atom stereocenters. The van der Waals surface area contributed by atoms with Crippen molar-refractivity contribution in [3.63, 3.8) is 0 Å². The highest BCUT2D eigenvalue weighted by molar-refractivity contribution is 4.72. The van der Waals surface area contributed by atoms with E-state index in [0.29, 0.717) is 5.92 Å². The molecule has 0 saturated carbocycles. The first-order chi connectivity index (χ1) is 4.30. The standard InChI is InChI=1S/C7H14FN/c1-6(8)7-2-4-9-5-3-7/h6-7,9H,2-5H2,1H3/t6-/m0/s1. The second-order valence-corrected chi connectivity index (χ2v) is 2.76. The molecule has 1 rings (SSSR count). The van der Waals surface area contributed by atoms with Gasteiger partial charge in [-0.2, -0.15) is 0 Å². The van der Waals surface area contributed by atoms with Crippen LogP contribution in [0.15, 0.2) is 0 Å². The summed E-state index contributed by atoms with van der Waals surface area (Å²) in [6.07, 6.45) is 1.42. The normalized spacial score (nSPS) is 26.0. The van der Waals surface area contributed by atoms with Crippen molar-refractivity contribution in [3.8, 4) is 0 Å². The van der Waals surface area contributed by atoms with Gasteiger partial charge in [0.2, 0.25) is 0 Å². The molecule has 54 valence electrons. The van der Waals surface area contributed by atoms with Crippen LogP contribution in [0.3, 0.4) is 0 Å². The van der Waals surface area contributed by atoms with Crippen LogP contribution in [0, 0.1) is 5.92 Å². The molecule has 1 heterocycles. The lowest BCUT2D eigenvalue weighted by Crippen LogP contribution is -2.31. The minimum absolute atomic E-state index is 0.325. The third-order valence-corrected chi connectivity index (χ3v) is 2.03. The van der Waals surface area contributed by atoms with Crippen LogP contribution in [0.4, 0.5) is 4.39 Å². The van der Waals surface area contributed by atoms with E-state index >= 15 is 0 Å². The average Bonchev–Trinajstić information content (AvgIpc) is 1.90. The molecule has 0 radical (unpaired) electrons. The molecule has 0 bridgehead atoms. The van der Waals surface area contributed by atoms with Crippen LogP contribution in [0.2, 0.25) is 0 Å². The Morgan fingerprint density at radius 2 is 2.00 bits per heavy atom. The summed E-state index contributed by atoms with van der Waals surface area (Å²) in [5, 5.41) is 3.20. The molecule has 0 spiro atoms. The second kappa shape index (κ2) is 3.16. The zero-order valence-corrected chi connectivity index (χ0v) is 5.86. The summed E-state index contributed by atoms with van der Waals surface area (Å²) in [6, 6.07) is 0. The topological polar surface area (TPSA) is 12.0 Å². The molecule has 1 atom stereocenters. The number of hydrogen-bond donors (Lipinski definition) is 1. The average molecular weight is 131 g/mol. The van der Waals surface area contributed by atoms with Gasteiger partial charge in [-0.15, -0.1) is 0 Å². The van der Waals surface area contributed by atoms with Gasteiger partial charge in [0.1, 0.15) is 6.17 Å². The predicted molar refractivity (Wildman–Crippen MR) is 36.2 cm³/mol. The number of rotatable bonds is 1. The van der Waals surface area contributed by atoms with Crippen molar-refractivity contribution in [1.82, 2.24) is 5.32 Å². The highest BCUT2D eigenvalue weighted by Gasteiger charge is 2.18. The number of halogens is 1. The zero-order chi connectivity index (χ0) is 6.69. The Morgan fingerprint density at radius 3 is 2.33 bits per heavy atom. The Balaban J connectivity index is 2.23. The zero-order valence-electron chi connectivity index (χ0n) is 5.86. The fraction of sp³-hybridized carbons (Fsp3) is 1.00. The summed E-state index contributed by atoms with van der Waals surface area (Å²) in [4.78, 5) is 0. The van der Waals surface area contributed by atoms with Gasteiger partial charge in [0.25, 0.3) is 0 Å². The van der Waals surface area contributed by atoms with Gasteiger partial charge in [-0.3, -0.25) is 0 Å². The first-order valence-electron chi connectivity index (χ1n) is 3.65. The first-order valence-corrected chi connectivity index (χ1v) is 3.65. The van der Waals surface area contributed by atoms with Crippen molar-refractivity contribution < 1.29 is 4.39 Å². The van der Waals surface area contributed by atoms with E-state index in [4.69, 9.17) is 0 Å². The smallest absolute Gasteiger partial charge is 0.100 e. The van der Waals surface area contributed by atoms with Gasteiger partial charge in [0.15, 0.2) is 0 Å². The van der Waals surface area contributed by atoms with Gasteiger partial charge >= 0.3 is 0 Å². The molecule has 0 amide bonds. The molecule has 9 heavy (non-hydrogen) atoms. The Kier molecular flexibility index (Phi) is 2.46. The van der Waals surface area contributed by atoms with E-state index in [0.717, 1.165) is 25.9 Å². The maximum absolute atomic E-state index is 12.6. The highest BCUT2D eigenvalue weighted by atomic mass is 19.1. The molecular weight excluding hydrogens is 117 g/mol. The summed E-state index contributed by atoms with van der Waals surface area (Å²) in [6.45, 7) is 3.66. The second-order valence-electron chi connectivity index (χ2n) is 2.76. The maximum atomic E-state index is 12.6. The van der Waals surface area contributed by atoms with Gasteiger partial charge in [0, 0.05) is 0 Å². The Hall–Kier alpha value is -0.110. The number of hydrogen-bond acceptors (Lipinski definition) is 1. The van der Waals surface area contributed by atoms with Gasteiger partial charge in [-0.25, -0.2) is 4.39 Å². The first kappa shape index (κ1) is 7.00. The van der Waals surface area contributed by atoms with Crippen molar-refractivity contribution >= 4 is 0 Å². The van der Waals surface area contributed by atoms with Gasteiger partial charge in [-0.05, 0) is 38.8 Å². The van der Waals surface area contributed by atoms with Gasteiger partial charge in [-0.1, -0.05) is 0 Å². The lowest BCUT2D eigenvalue weighted by molar-refractivity contribution is 0.205. The van der Waals surface area contributed by atoms with Crippen molar-refractivity contribution in [2.45, 2.75) is 25.9 Å². The van der Waals surface area contributed by atoms with Crippen LogP contribution in [-0.2, 0) is 0 Å². The van der Waals surface area contributed by atoms with E-state index in [1.807, 2.05) is 0 Å². The quantitative estimate of drug-likeness (QED) is 0.566. The third kappa shape index (κ3) is 1.94. The SMILES string of the molecule is C[C@H](F)C1CCNCC1. The monoisotopic (exact) mass is 131 g/mol. The maximum Gasteiger partial charge on any atom is 0.100 e. The molecule has 0 aromatic rings. The van der Waals surface area contributed by atoms with Gasteiger partial charge in [0.05, 0.1) is 0 Å². The summed E-state index contributed by atoms with van der Waals surface area (Å²) in [5.41, 5.74) is 0. The predicted octanol–water partition coefficient (Wildman–Crippen LogP) is 1.34. The molecule has 1 nitrogen and oxygen atoms in total. The van der Waals surface area contributed by atoms with E-state index in [9.17, 15) is 4.39 Å². The molecule has 1 fully saturated rings. The summed E-state index contributed by atoms with van der Waals surface area (Å²) >= 11 is 0. The summed E-state index contributed by atoms with van der Waals surface area (Å²) in [5.74, 6) is 0.325. The fourth-order valence-electron chi connectivity index (χ4n) is 1.30. The molecule has 1 N–H and O–H groups in total. The van der Waals surface area contributed by atoms with Crippen LogP contribution >= 0.6 is 0 Å².